The third kappa shape index (κ3) is 10.9. The second kappa shape index (κ2) is 18.5. The zero-order valence-electron chi connectivity index (χ0n) is 37.0. The fourth-order valence-corrected chi connectivity index (χ4v) is 8.89. The molecule has 0 amide bonds. The summed E-state index contributed by atoms with van der Waals surface area (Å²) in [5, 5.41) is 24.4. The number of rotatable bonds is 8. The van der Waals surface area contributed by atoms with Crippen LogP contribution in [0.3, 0.4) is 0 Å². The molecule has 2 N–H and O–H groups in total. The fourth-order valence-electron chi connectivity index (χ4n) is 8.89. The van der Waals surface area contributed by atoms with Crippen molar-refractivity contribution in [3.8, 4) is 11.5 Å². The maximum absolute atomic E-state index is 13.5. The van der Waals surface area contributed by atoms with Gasteiger partial charge in [0.1, 0.15) is 29.3 Å². The predicted molar refractivity (Wildman–Crippen MR) is 233 cm³/mol. The number of para-hydroxylation sites is 1. The number of aromatic nitrogens is 1. The summed E-state index contributed by atoms with van der Waals surface area (Å²) in [5.41, 5.74) is 1.97. The highest BCUT2D eigenvalue weighted by Crippen LogP contribution is 2.40. The largest absolute Gasteiger partial charge is 0.497 e. The number of esters is 3. The van der Waals surface area contributed by atoms with Gasteiger partial charge in [0.25, 0.3) is 5.91 Å². The van der Waals surface area contributed by atoms with Crippen LogP contribution in [0.15, 0.2) is 66.7 Å². The molecule has 0 aliphatic carbocycles. The molecule has 13 nitrogen and oxygen atoms in total. The van der Waals surface area contributed by atoms with Crippen LogP contribution in [-0.2, 0) is 25.5 Å². The Morgan fingerprint density at radius 2 is 1.23 bits per heavy atom. The minimum absolute atomic E-state index is 0. The third-order valence-electron chi connectivity index (χ3n) is 11.5. The van der Waals surface area contributed by atoms with E-state index in [1.165, 1.54) is 17.1 Å². The van der Waals surface area contributed by atoms with Crippen molar-refractivity contribution in [2.45, 2.75) is 150 Å². The summed E-state index contributed by atoms with van der Waals surface area (Å²) in [6.45, 7) is 20.5. The molecule has 2 aliphatic heterocycles. The third-order valence-corrected chi connectivity index (χ3v) is 11.5. The first-order valence-corrected chi connectivity index (χ1v) is 20.3. The molecule has 3 heterocycles. The minimum Gasteiger partial charge on any atom is -0.497 e. The molecule has 0 atom stereocenters. The number of hydroxylamine groups is 4. The highest BCUT2D eigenvalue weighted by Gasteiger charge is 2.47. The summed E-state index contributed by atoms with van der Waals surface area (Å²) < 4.78 is 23.8. The van der Waals surface area contributed by atoms with Crippen molar-refractivity contribution in [3.63, 3.8) is 0 Å². The molecule has 2 fully saturated rings. The minimum atomic E-state index is -0.533. The summed E-state index contributed by atoms with van der Waals surface area (Å²) in [7, 11) is 1.59. The second-order valence-corrected chi connectivity index (χ2v) is 18.5. The van der Waals surface area contributed by atoms with Gasteiger partial charge >= 0.3 is 17.9 Å². The molecule has 3 aromatic carbocycles. The molecular weight excluding hydrogens is 779 g/mol. The summed E-state index contributed by atoms with van der Waals surface area (Å²) >= 11 is 0. The molecule has 0 radical (unpaired) electrons. The first kappa shape index (κ1) is 48.6. The molecule has 0 bridgehead atoms. The molecule has 1 aromatic heterocycles. The van der Waals surface area contributed by atoms with Crippen LogP contribution in [0.5, 0.6) is 11.5 Å². The molecule has 2 saturated heterocycles. The highest BCUT2D eigenvalue weighted by atomic mass is 16.6. The van der Waals surface area contributed by atoms with E-state index in [1.54, 1.807) is 35.9 Å². The van der Waals surface area contributed by atoms with Crippen LogP contribution >= 0.6 is 0 Å². The van der Waals surface area contributed by atoms with Crippen molar-refractivity contribution in [2.75, 3.05) is 7.11 Å². The van der Waals surface area contributed by atoms with E-state index in [4.69, 9.17) is 18.9 Å². The Labute approximate surface area is 360 Å². The van der Waals surface area contributed by atoms with Crippen LogP contribution in [0, 0.1) is 13.8 Å². The lowest BCUT2D eigenvalue weighted by Crippen LogP contribution is -2.60. The smallest absolute Gasteiger partial charge is 0.342 e. The molecule has 13 heteroatoms. The van der Waals surface area contributed by atoms with Crippen LogP contribution in [-0.4, -0.2) is 90.4 Å². The lowest BCUT2D eigenvalue weighted by atomic mass is 9.80. The van der Waals surface area contributed by atoms with E-state index in [9.17, 15) is 29.6 Å². The summed E-state index contributed by atoms with van der Waals surface area (Å²) in [4.78, 5) is 50.4. The Bertz CT molecular complexity index is 2200. The molecule has 0 unspecified atom stereocenters. The maximum Gasteiger partial charge on any atom is 0.342 e. The van der Waals surface area contributed by atoms with Crippen molar-refractivity contribution in [3.05, 3.63) is 94.7 Å². The average Bonchev–Trinajstić information content (AvgIpc) is 3.41. The van der Waals surface area contributed by atoms with Gasteiger partial charge in [-0.1, -0.05) is 37.3 Å². The maximum atomic E-state index is 13.5. The van der Waals surface area contributed by atoms with E-state index >= 15 is 0 Å². The lowest BCUT2D eigenvalue weighted by molar-refractivity contribution is -0.259. The van der Waals surface area contributed by atoms with Crippen LogP contribution in [0.2, 0.25) is 0 Å². The van der Waals surface area contributed by atoms with E-state index in [-0.39, 0.29) is 49.2 Å². The van der Waals surface area contributed by atoms with Gasteiger partial charge in [0.05, 0.1) is 19.0 Å². The molecular formula is C48H65N3O10. The topological polar surface area (TPSA) is 157 Å². The van der Waals surface area contributed by atoms with Crippen LogP contribution in [0.25, 0.3) is 10.9 Å². The second-order valence-electron chi connectivity index (χ2n) is 18.5. The quantitative estimate of drug-likeness (QED) is 0.128. The van der Waals surface area contributed by atoms with Gasteiger partial charge in [-0.2, -0.15) is 10.1 Å². The number of ether oxygens (including phenoxy) is 4. The lowest BCUT2D eigenvalue weighted by Gasteiger charge is -2.50. The average molecular weight is 844 g/mol. The van der Waals surface area contributed by atoms with E-state index < -0.39 is 34.1 Å². The van der Waals surface area contributed by atoms with Gasteiger partial charge in [0, 0.05) is 71.4 Å². The molecule has 61 heavy (non-hydrogen) atoms. The Kier molecular flexibility index (Phi) is 14.7. The molecule has 4 aromatic rings. The van der Waals surface area contributed by atoms with Crippen LogP contribution in [0.1, 0.15) is 133 Å². The van der Waals surface area contributed by atoms with Gasteiger partial charge in [-0.25, -0.2) is 4.79 Å². The number of piperidine rings is 2. The number of methoxy groups -OCH3 is 1. The molecule has 332 valence electrons. The Balaban J connectivity index is 0.000000286. The number of aryl methyl sites for hydroxylation is 1. The van der Waals surface area contributed by atoms with E-state index in [2.05, 4.69) is 0 Å². The van der Waals surface area contributed by atoms with Crippen molar-refractivity contribution in [1.82, 2.24) is 14.7 Å². The summed E-state index contributed by atoms with van der Waals surface area (Å²) in [5.74, 6) is -0.697. The molecule has 0 saturated carbocycles. The zero-order valence-corrected chi connectivity index (χ0v) is 37.0. The zero-order chi connectivity index (χ0) is 44.5. The standard InChI is InChI=1S/C29H36N2O5.C18H25NO5.CH4/c1-18-8-10-20(11-9-18)27(33)30-19(2)23(24-14-21(35-7)12-13-25(24)30)15-26(32)36-22-16-28(3,4)31(34)29(5,6)17-22;1-12(20)23-15-9-7-6-8-14(15)16(21)24-13-10-17(2,3)19(22)18(4,5)11-13;/h8-14,22,34H,15-17H2,1-7H3;6-9,13,22H,10-11H2,1-5H3;1H4. The number of hydrogen-bond acceptors (Lipinski definition) is 12. The number of benzene rings is 3. The van der Waals surface area contributed by atoms with E-state index in [1.807, 2.05) is 112 Å². The van der Waals surface area contributed by atoms with Gasteiger partial charge in [-0.05, 0) is 117 Å². The van der Waals surface area contributed by atoms with Gasteiger partial charge < -0.3 is 29.4 Å². The number of carbonyl (C=O) groups excluding carboxylic acids is 4. The van der Waals surface area contributed by atoms with Gasteiger partial charge in [-0.15, -0.1) is 0 Å². The van der Waals surface area contributed by atoms with Crippen molar-refractivity contribution in [2.24, 2.45) is 0 Å². The van der Waals surface area contributed by atoms with Gasteiger partial charge in [0.15, 0.2) is 0 Å². The van der Waals surface area contributed by atoms with Gasteiger partial charge in [0.2, 0.25) is 0 Å². The molecule has 6 rings (SSSR count). The Morgan fingerprint density at radius 3 is 1.74 bits per heavy atom. The predicted octanol–water partition coefficient (Wildman–Crippen LogP) is 9.27. The normalized spacial score (nSPS) is 18.5. The van der Waals surface area contributed by atoms with Crippen LogP contribution in [0.4, 0.5) is 0 Å². The summed E-state index contributed by atoms with van der Waals surface area (Å²) in [6, 6.07) is 19.5. The molecule has 2 aliphatic rings. The number of nitrogens with zero attached hydrogens (tertiary/aromatic N) is 3. The van der Waals surface area contributed by atoms with E-state index in [0.717, 1.165) is 22.0 Å². The monoisotopic (exact) mass is 843 g/mol. The first-order valence-electron chi connectivity index (χ1n) is 20.3. The number of hydrogen-bond donors (Lipinski definition) is 2. The van der Waals surface area contributed by atoms with Crippen LogP contribution < -0.4 is 9.47 Å². The Morgan fingerprint density at radius 1 is 0.721 bits per heavy atom. The van der Waals surface area contributed by atoms with Crippen molar-refractivity contribution >= 4 is 34.7 Å². The van der Waals surface area contributed by atoms with Crippen molar-refractivity contribution in [1.29, 1.82) is 0 Å². The fraction of sp³-hybridized carbons (Fsp3) is 0.500. The first-order chi connectivity index (χ1) is 27.9. The molecule has 0 spiro atoms. The van der Waals surface area contributed by atoms with E-state index in [0.29, 0.717) is 42.7 Å². The summed E-state index contributed by atoms with van der Waals surface area (Å²) in [6.07, 6.45) is 1.45. The number of carbonyl (C=O) groups is 4. The SMILES string of the molecule is C.CC(=O)Oc1ccccc1C(=O)OC1CC(C)(C)N(O)C(C)(C)C1.COc1ccc2c(c1)c(CC(=O)OC1CC(C)(C)N(O)C(C)(C)C1)c(C)n2C(=O)c1ccc(C)cc1. The highest BCUT2D eigenvalue weighted by molar-refractivity contribution is 6.05. The van der Waals surface area contributed by atoms with Gasteiger partial charge in [-0.3, -0.25) is 19.0 Å². The van der Waals surface area contributed by atoms with Crippen molar-refractivity contribution < 1.29 is 48.5 Å². The number of fused-ring (bicyclic) bond motifs is 1. The Hall–Kier alpha value is -5.08.